The molecule has 0 amide bonds. The van der Waals surface area contributed by atoms with Crippen LogP contribution in [0.25, 0.3) is 0 Å². The minimum Gasteiger partial charge on any atom is -0.439 e. The zero-order chi connectivity index (χ0) is 13.3. The molecule has 0 aliphatic carbocycles. The van der Waals surface area contributed by atoms with Gasteiger partial charge in [0.15, 0.2) is 6.29 Å². The standard InChI is InChI=1S/C14H16N2O2/c1-9-5-6-12(7-10(9)2)18-14-13(8-17)11(3)15-16(14)4/h5-8H,1-4H3. The number of benzene rings is 1. The highest BCUT2D eigenvalue weighted by Crippen LogP contribution is 2.27. The van der Waals surface area contributed by atoms with Gasteiger partial charge in [0.1, 0.15) is 5.75 Å². The Labute approximate surface area is 106 Å². The van der Waals surface area contributed by atoms with Crippen molar-refractivity contribution in [1.82, 2.24) is 9.78 Å². The third kappa shape index (κ3) is 2.14. The number of aryl methyl sites for hydroxylation is 4. The second-order valence-corrected chi connectivity index (χ2v) is 4.39. The van der Waals surface area contributed by atoms with Crippen LogP contribution in [-0.2, 0) is 7.05 Å². The molecule has 0 atom stereocenters. The van der Waals surface area contributed by atoms with E-state index in [1.54, 1.807) is 18.7 Å². The monoisotopic (exact) mass is 244 g/mol. The molecule has 0 aliphatic heterocycles. The quantitative estimate of drug-likeness (QED) is 0.780. The molecule has 0 bridgehead atoms. The van der Waals surface area contributed by atoms with Crippen molar-refractivity contribution in [3.8, 4) is 11.6 Å². The van der Waals surface area contributed by atoms with Gasteiger partial charge < -0.3 is 4.74 Å². The first-order chi connectivity index (χ1) is 8.52. The number of aromatic nitrogens is 2. The number of hydrogen-bond acceptors (Lipinski definition) is 3. The van der Waals surface area contributed by atoms with E-state index in [4.69, 9.17) is 4.74 Å². The zero-order valence-corrected chi connectivity index (χ0v) is 11.0. The van der Waals surface area contributed by atoms with Crippen LogP contribution < -0.4 is 4.74 Å². The molecule has 0 fully saturated rings. The van der Waals surface area contributed by atoms with Gasteiger partial charge in [-0.3, -0.25) is 4.79 Å². The lowest BCUT2D eigenvalue weighted by Crippen LogP contribution is -1.97. The van der Waals surface area contributed by atoms with E-state index in [2.05, 4.69) is 5.10 Å². The highest BCUT2D eigenvalue weighted by atomic mass is 16.5. The first-order valence-electron chi connectivity index (χ1n) is 5.77. The molecule has 2 rings (SSSR count). The lowest BCUT2D eigenvalue weighted by molar-refractivity contribution is 0.112. The van der Waals surface area contributed by atoms with Gasteiger partial charge in [-0.1, -0.05) is 6.07 Å². The fraction of sp³-hybridized carbons (Fsp3) is 0.286. The maximum atomic E-state index is 11.0. The lowest BCUT2D eigenvalue weighted by Gasteiger charge is -2.08. The maximum absolute atomic E-state index is 11.0. The predicted molar refractivity (Wildman–Crippen MR) is 69.3 cm³/mol. The molecule has 0 saturated heterocycles. The Morgan fingerprint density at radius 1 is 1.22 bits per heavy atom. The summed E-state index contributed by atoms with van der Waals surface area (Å²) in [5.74, 6) is 1.19. The van der Waals surface area contributed by atoms with E-state index < -0.39 is 0 Å². The molecule has 1 aromatic carbocycles. The molecular weight excluding hydrogens is 228 g/mol. The van der Waals surface area contributed by atoms with Crippen molar-refractivity contribution in [3.63, 3.8) is 0 Å². The van der Waals surface area contributed by atoms with Crippen molar-refractivity contribution in [2.24, 2.45) is 7.05 Å². The van der Waals surface area contributed by atoms with E-state index in [1.807, 2.05) is 32.0 Å². The molecule has 18 heavy (non-hydrogen) atoms. The average molecular weight is 244 g/mol. The van der Waals surface area contributed by atoms with Gasteiger partial charge >= 0.3 is 0 Å². The largest absolute Gasteiger partial charge is 0.439 e. The number of rotatable bonds is 3. The number of nitrogens with zero attached hydrogens (tertiary/aromatic N) is 2. The van der Waals surface area contributed by atoms with Crippen LogP contribution >= 0.6 is 0 Å². The molecule has 0 aliphatic rings. The summed E-state index contributed by atoms with van der Waals surface area (Å²) in [5, 5.41) is 4.18. The van der Waals surface area contributed by atoms with E-state index in [9.17, 15) is 4.79 Å². The van der Waals surface area contributed by atoms with Crippen molar-refractivity contribution in [1.29, 1.82) is 0 Å². The summed E-state index contributed by atoms with van der Waals surface area (Å²) in [4.78, 5) is 11.0. The average Bonchev–Trinajstić information content (AvgIpc) is 2.58. The first kappa shape index (κ1) is 12.4. The van der Waals surface area contributed by atoms with E-state index in [0.29, 0.717) is 22.9 Å². The number of carbonyl (C=O) groups is 1. The topological polar surface area (TPSA) is 44.1 Å². The predicted octanol–water partition coefficient (Wildman–Crippen LogP) is 2.95. The number of hydrogen-bond donors (Lipinski definition) is 0. The fourth-order valence-corrected chi connectivity index (χ4v) is 1.80. The third-order valence-electron chi connectivity index (χ3n) is 3.02. The van der Waals surface area contributed by atoms with Gasteiger partial charge in [0.2, 0.25) is 5.88 Å². The summed E-state index contributed by atoms with van der Waals surface area (Å²) < 4.78 is 7.33. The number of ether oxygens (including phenoxy) is 1. The SMILES string of the molecule is Cc1ccc(Oc2c(C=O)c(C)nn2C)cc1C. The van der Waals surface area contributed by atoms with Crippen molar-refractivity contribution >= 4 is 6.29 Å². The van der Waals surface area contributed by atoms with E-state index >= 15 is 0 Å². The Hall–Kier alpha value is -2.10. The molecule has 1 aromatic heterocycles. The Morgan fingerprint density at radius 3 is 2.56 bits per heavy atom. The van der Waals surface area contributed by atoms with Crippen molar-refractivity contribution in [2.75, 3.05) is 0 Å². The Kier molecular flexibility index (Phi) is 3.19. The molecule has 4 heteroatoms. The number of aldehydes is 1. The van der Waals surface area contributed by atoms with E-state index in [-0.39, 0.29) is 0 Å². The van der Waals surface area contributed by atoms with Gasteiger partial charge in [0.25, 0.3) is 0 Å². The first-order valence-corrected chi connectivity index (χ1v) is 5.77. The van der Waals surface area contributed by atoms with Crippen LogP contribution in [-0.4, -0.2) is 16.1 Å². The summed E-state index contributed by atoms with van der Waals surface area (Å²) in [6.45, 7) is 5.86. The Bertz CT molecular complexity index is 600. The second-order valence-electron chi connectivity index (χ2n) is 4.39. The van der Waals surface area contributed by atoms with Crippen LogP contribution in [0.2, 0.25) is 0 Å². The van der Waals surface area contributed by atoms with Gasteiger partial charge in [-0.05, 0) is 44.0 Å². The molecule has 0 spiro atoms. The van der Waals surface area contributed by atoms with Crippen LogP contribution in [0.3, 0.4) is 0 Å². The minimum atomic E-state index is 0.478. The van der Waals surface area contributed by atoms with Gasteiger partial charge in [0.05, 0.1) is 11.3 Å². The molecular formula is C14H16N2O2. The van der Waals surface area contributed by atoms with Crippen LogP contribution in [0.5, 0.6) is 11.6 Å². The molecule has 1 heterocycles. The van der Waals surface area contributed by atoms with Crippen molar-refractivity contribution in [2.45, 2.75) is 20.8 Å². The second kappa shape index (κ2) is 4.64. The van der Waals surface area contributed by atoms with Crippen LogP contribution in [0.4, 0.5) is 0 Å². The molecule has 4 nitrogen and oxygen atoms in total. The van der Waals surface area contributed by atoms with Gasteiger partial charge in [-0.15, -0.1) is 0 Å². The van der Waals surface area contributed by atoms with Gasteiger partial charge in [0, 0.05) is 7.05 Å². The van der Waals surface area contributed by atoms with Crippen LogP contribution in [0.1, 0.15) is 27.2 Å². The summed E-state index contributed by atoms with van der Waals surface area (Å²) in [7, 11) is 1.76. The lowest BCUT2D eigenvalue weighted by atomic mass is 10.1. The fourth-order valence-electron chi connectivity index (χ4n) is 1.80. The van der Waals surface area contributed by atoms with E-state index in [0.717, 1.165) is 11.8 Å². The summed E-state index contributed by atoms with van der Waals surface area (Å²) in [6.07, 6.45) is 0.777. The smallest absolute Gasteiger partial charge is 0.228 e. The van der Waals surface area contributed by atoms with Gasteiger partial charge in [-0.2, -0.15) is 5.10 Å². The maximum Gasteiger partial charge on any atom is 0.228 e. The molecule has 2 aromatic rings. The molecule has 0 radical (unpaired) electrons. The summed E-state index contributed by atoms with van der Waals surface area (Å²) in [6, 6.07) is 5.83. The zero-order valence-electron chi connectivity index (χ0n) is 11.0. The highest BCUT2D eigenvalue weighted by molar-refractivity contribution is 5.80. The molecule has 0 N–H and O–H groups in total. The highest BCUT2D eigenvalue weighted by Gasteiger charge is 2.14. The van der Waals surface area contributed by atoms with Crippen molar-refractivity contribution < 1.29 is 9.53 Å². The Morgan fingerprint density at radius 2 is 1.94 bits per heavy atom. The molecule has 0 saturated carbocycles. The minimum absolute atomic E-state index is 0.478. The molecule has 0 unspecified atom stereocenters. The van der Waals surface area contributed by atoms with Crippen LogP contribution in [0, 0.1) is 20.8 Å². The van der Waals surface area contributed by atoms with Crippen molar-refractivity contribution in [3.05, 3.63) is 40.6 Å². The summed E-state index contributed by atoms with van der Waals surface area (Å²) in [5.41, 5.74) is 3.53. The third-order valence-corrected chi connectivity index (χ3v) is 3.02. The molecule has 94 valence electrons. The van der Waals surface area contributed by atoms with E-state index in [1.165, 1.54) is 5.56 Å². The normalized spacial score (nSPS) is 10.4. The summed E-state index contributed by atoms with van der Waals surface area (Å²) >= 11 is 0. The Balaban J connectivity index is 2.39. The van der Waals surface area contributed by atoms with Gasteiger partial charge in [-0.25, -0.2) is 4.68 Å². The van der Waals surface area contributed by atoms with Crippen LogP contribution in [0.15, 0.2) is 18.2 Å². The number of carbonyl (C=O) groups excluding carboxylic acids is 1.